The minimum Gasteiger partial charge on any atom is -0.263 e. The van der Waals surface area contributed by atoms with Crippen LogP contribution in [0.2, 0.25) is 0 Å². The molecule has 0 aromatic heterocycles. The molecule has 26 heavy (non-hydrogen) atoms. The third kappa shape index (κ3) is 3.87. The molecule has 0 atom stereocenters. The van der Waals surface area contributed by atoms with Gasteiger partial charge < -0.3 is 0 Å². The first kappa shape index (κ1) is 18.8. The summed E-state index contributed by atoms with van der Waals surface area (Å²) in [6.45, 7) is 0. The zero-order chi connectivity index (χ0) is 18.8. The molecule has 1 saturated carbocycles. The molecule has 2 aromatic rings. The predicted molar refractivity (Wildman–Crippen MR) is 94.4 cm³/mol. The van der Waals surface area contributed by atoms with E-state index in [2.05, 4.69) is 0 Å². The van der Waals surface area contributed by atoms with Crippen LogP contribution in [0, 0.1) is 0 Å². The van der Waals surface area contributed by atoms with Gasteiger partial charge in [0.05, 0.1) is 16.1 Å². The van der Waals surface area contributed by atoms with Crippen molar-refractivity contribution in [1.82, 2.24) is 0 Å². The van der Waals surface area contributed by atoms with Crippen molar-refractivity contribution in [1.29, 1.82) is 0 Å². The van der Waals surface area contributed by atoms with Crippen LogP contribution < -0.4 is 4.31 Å². The fourth-order valence-electron chi connectivity index (χ4n) is 3.38. The van der Waals surface area contributed by atoms with Gasteiger partial charge in [0.15, 0.2) is 0 Å². The second-order valence-electron chi connectivity index (χ2n) is 6.45. The zero-order valence-corrected chi connectivity index (χ0v) is 14.9. The Labute approximate surface area is 151 Å². The second kappa shape index (κ2) is 7.31. The summed E-state index contributed by atoms with van der Waals surface area (Å²) >= 11 is 0. The van der Waals surface area contributed by atoms with Crippen molar-refractivity contribution in [3.05, 3.63) is 60.2 Å². The van der Waals surface area contributed by atoms with Crippen LogP contribution in [0.4, 0.5) is 18.9 Å². The van der Waals surface area contributed by atoms with Crippen molar-refractivity contribution in [3.63, 3.8) is 0 Å². The first-order valence-electron chi connectivity index (χ1n) is 8.57. The van der Waals surface area contributed by atoms with Gasteiger partial charge in [0.1, 0.15) is 0 Å². The van der Waals surface area contributed by atoms with Gasteiger partial charge in [0.2, 0.25) is 0 Å². The number of sulfonamides is 1. The van der Waals surface area contributed by atoms with Gasteiger partial charge in [-0.25, -0.2) is 8.42 Å². The SMILES string of the molecule is O=S(=O)(c1cccc(C(F)(F)F)c1)N(c1ccccc1)C1CCCCC1. The summed E-state index contributed by atoms with van der Waals surface area (Å²) < 4.78 is 66.9. The largest absolute Gasteiger partial charge is 0.416 e. The average molecular weight is 383 g/mol. The Morgan fingerprint density at radius 3 is 2.15 bits per heavy atom. The van der Waals surface area contributed by atoms with E-state index in [9.17, 15) is 21.6 Å². The predicted octanol–water partition coefficient (Wildman–Crippen LogP) is 5.23. The summed E-state index contributed by atoms with van der Waals surface area (Å²) in [4.78, 5) is -0.332. The Bertz CT molecular complexity index is 845. The highest BCUT2D eigenvalue weighted by Gasteiger charge is 2.35. The fraction of sp³-hybridized carbons (Fsp3) is 0.368. The number of alkyl halides is 3. The molecular weight excluding hydrogens is 363 g/mol. The molecule has 0 amide bonds. The van der Waals surface area contributed by atoms with Gasteiger partial charge in [-0.15, -0.1) is 0 Å². The van der Waals surface area contributed by atoms with Gasteiger partial charge in [-0.1, -0.05) is 43.5 Å². The topological polar surface area (TPSA) is 37.4 Å². The highest BCUT2D eigenvalue weighted by molar-refractivity contribution is 7.92. The zero-order valence-electron chi connectivity index (χ0n) is 14.1. The van der Waals surface area contributed by atoms with Crippen molar-refractivity contribution < 1.29 is 21.6 Å². The molecule has 3 nitrogen and oxygen atoms in total. The quantitative estimate of drug-likeness (QED) is 0.725. The number of rotatable bonds is 4. The van der Waals surface area contributed by atoms with Crippen LogP contribution in [0.15, 0.2) is 59.5 Å². The third-order valence-corrected chi connectivity index (χ3v) is 6.51. The molecule has 2 aromatic carbocycles. The number of para-hydroxylation sites is 1. The van der Waals surface area contributed by atoms with E-state index in [0.717, 1.165) is 31.4 Å². The van der Waals surface area contributed by atoms with E-state index in [1.807, 2.05) is 0 Å². The molecule has 1 fully saturated rings. The maximum Gasteiger partial charge on any atom is 0.416 e. The summed E-state index contributed by atoms with van der Waals surface area (Å²) in [5, 5.41) is 0. The van der Waals surface area contributed by atoms with E-state index in [4.69, 9.17) is 0 Å². The molecule has 1 aliphatic rings. The molecule has 140 valence electrons. The Morgan fingerprint density at radius 1 is 0.885 bits per heavy atom. The summed E-state index contributed by atoms with van der Waals surface area (Å²) in [6, 6.07) is 12.3. The molecule has 0 spiro atoms. The number of benzene rings is 2. The number of hydrogen-bond acceptors (Lipinski definition) is 2. The van der Waals surface area contributed by atoms with Gasteiger partial charge in [-0.05, 0) is 43.2 Å². The lowest BCUT2D eigenvalue weighted by Gasteiger charge is -2.35. The molecule has 3 rings (SSSR count). The first-order chi connectivity index (χ1) is 12.3. The average Bonchev–Trinajstić information content (AvgIpc) is 2.63. The Kier molecular flexibility index (Phi) is 5.27. The molecule has 0 aliphatic heterocycles. The number of halogens is 3. The van der Waals surface area contributed by atoms with Crippen LogP contribution in [0.3, 0.4) is 0 Å². The van der Waals surface area contributed by atoms with E-state index < -0.39 is 21.8 Å². The van der Waals surface area contributed by atoms with Gasteiger partial charge in [-0.3, -0.25) is 4.31 Å². The van der Waals surface area contributed by atoms with Gasteiger partial charge >= 0.3 is 6.18 Å². The normalized spacial score (nSPS) is 16.4. The minimum absolute atomic E-state index is 0.245. The van der Waals surface area contributed by atoms with Crippen LogP contribution in [0.5, 0.6) is 0 Å². The monoisotopic (exact) mass is 383 g/mol. The molecule has 0 bridgehead atoms. The van der Waals surface area contributed by atoms with Crippen molar-refractivity contribution >= 4 is 15.7 Å². The third-order valence-electron chi connectivity index (χ3n) is 4.64. The minimum atomic E-state index is -4.59. The molecule has 1 aliphatic carbocycles. The second-order valence-corrected chi connectivity index (χ2v) is 8.27. The van der Waals surface area contributed by atoms with Crippen molar-refractivity contribution in [3.8, 4) is 0 Å². The van der Waals surface area contributed by atoms with Gasteiger partial charge in [0, 0.05) is 6.04 Å². The summed E-state index contributed by atoms with van der Waals surface area (Å²) in [6.07, 6.45) is -0.324. The van der Waals surface area contributed by atoms with E-state index in [1.54, 1.807) is 30.3 Å². The lowest BCUT2D eigenvalue weighted by atomic mass is 9.95. The van der Waals surface area contributed by atoms with Gasteiger partial charge in [0.25, 0.3) is 10.0 Å². The van der Waals surface area contributed by atoms with Crippen LogP contribution in [0.25, 0.3) is 0 Å². The lowest BCUT2D eigenvalue weighted by Crippen LogP contribution is -2.41. The Morgan fingerprint density at radius 2 is 1.54 bits per heavy atom. The van der Waals surface area contributed by atoms with Gasteiger partial charge in [-0.2, -0.15) is 13.2 Å². The van der Waals surface area contributed by atoms with E-state index in [1.165, 1.54) is 10.4 Å². The van der Waals surface area contributed by atoms with Crippen molar-refractivity contribution in [2.45, 2.75) is 49.2 Å². The van der Waals surface area contributed by atoms with Crippen LogP contribution in [-0.4, -0.2) is 14.5 Å². The summed E-state index contributed by atoms with van der Waals surface area (Å²) in [5.41, 5.74) is -0.480. The molecule has 7 heteroatoms. The van der Waals surface area contributed by atoms with Crippen molar-refractivity contribution in [2.75, 3.05) is 4.31 Å². The molecule has 0 radical (unpaired) electrons. The highest BCUT2D eigenvalue weighted by atomic mass is 32.2. The summed E-state index contributed by atoms with van der Waals surface area (Å²) in [5.74, 6) is 0. The Hall–Kier alpha value is -2.02. The number of hydrogen-bond donors (Lipinski definition) is 0. The standard InChI is InChI=1S/C19H20F3NO2S/c20-19(21,22)15-8-7-13-18(14-15)26(24,25)23(16-9-3-1-4-10-16)17-11-5-2-6-12-17/h1,3-4,7-10,13-14,17H,2,5-6,11-12H2. The Balaban J connectivity index is 2.08. The molecule has 0 unspecified atom stereocenters. The van der Waals surface area contributed by atoms with Crippen LogP contribution in [-0.2, 0) is 16.2 Å². The smallest absolute Gasteiger partial charge is 0.263 e. The summed E-state index contributed by atoms with van der Waals surface area (Å²) in [7, 11) is -4.10. The molecule has 0 heterocycles. The number of anilines is 1. The maximum absolute atomic E-state index is 13.3. The van der Waals surface area contributed by atoms with Crippen LogP contribution in [0.1, 0.15) is 37.7 Å². The molecule has 0 saturated heterocycles. The van der Waals surface area contributed by atoms with E-state index >= 15 is 0 Å². The maximum atomic E-state index is 13.3. The number of nitrogens with zero attached hydrogens (tertiary/aromatic N) is 1. The van der Waals surface area contributed by atoms with Crippen LogP contribution >= 0.6 is 0 Å². The van der Waals surface area contributed by atoms with Crippen molar-refractivity contribution in [2.24, 2.45) is 0 Å². The van der Waals surface area contributed by atoms with E-state index in [-0.39, 0.29) is 10.9 Å². The van der Waals surface area contributed by atoms with E-state index in [0.29, 0.717) is 24.6 Å². The lowest BCUT2D eigenvalue weighted by molar-refractivity contribution is -0.137. The molecular formula is C19H20F3NO2S. The first-order valence-corrected chi connectivity index (χ1v) is 10.0. The highest BCUT2D eigenvalue weighted by Crippen LogP contribution is 2.35. The fourth-order valence-corrected chi connectivity index (χ4v) is 5.14. The molecule has 0 N–H and O–H groups in total.